The molecule has 0 aromatic heterocycles. The first-order valence-corrected chi connectivity index (χ1v) is 7.02. The van der Waals surface area contributed by atoms with Gasteiger partial charge in [-0.1, -0.05) is 29.3 Å². The largest absolute Gasteiger partial charge is 0.497 e. The van der Waals surface area contributed by atoms with E-state index in [-0.39, 0.29) is 11.7 Å². The Morgan fingerprint density at radius 2 is 1.90 bits per heavy atom. The fourth-order valence-corrected chi connectivity index (χ4v) is 2.95. The molecule has 3 rings (SSSR count). The summed E-state index contributed by atoms with van der Waals surface area (Å²) >= 11 is 12.0. The van der Waals surface area contributed by atoms with E-state index in [0.29, 0.717) is 16.5 Å². The average Bonchev–Trinajstić information content (AvgIpc) is 2.78. The van der Waals surface area contributed by atoms with Crippen LogP contribution < -0.4 is 4.74 Å². The highest BCUT2D eigenvalue weighted by Gasteiger charge is 2.31. The van der Waals surface area contributed by atoms with Gasteiger partial charge in [0.05, 0.1) is 17.2 Å². The molecule has 1 atom stereocenters. The third-order valence-corrected chi connectivity index (χ3v) is 4.41. The van der Waals surface area contributed by atoms with Gasteiger partial charge in [-0.25, -0.2) is 0 Å². The summed E-state index contributed by atoms with van der Waals surface area (Å²) in [5, 5.41) is 1.03. The first-order chi connectivity index (χ1) is 9.60. The minimum absolute atomic E-state index is 0.0161. The van der Waals surface area contributed by atoms with Crippen LogP contribution in [0.15, 0.2) is 36.4 Å². The lowest BCUT2D eigenvalue weighted by molar-refractivity contribution is 0.0991. The maximum absolute atomic E-state index is 12.1. The van der Waals surface area contributed by atoms with Crippen molar-refractivity contribution in [1.82, 2.24) is 0 Å². The number of ketones is 1. The molecule has 0 saturated heterocycles. The van der Waals surface area contributed by atoms with E-state index < -0.39 is 0 Å². The number of hydrogen-bond acceptors (Lipinski definition) is 2. The summed E-state index contributed by atoms with van der Waals surface area (Å²) in [7, 11) is 1.62. The van der Waals surface area contributed by atoms with Crippen molar-refractivity contribution in [3.8, 4) is 5.75 Å². The molecule has 2 aromatic carbocycles. The maximum atomic E-state index is 12.1. The number of rotatable bonds is 2. The van der Waals surface area contributed by atoms with Crippen LogP contribution in [-0.2, 0) is 0 Å². The summed E-state index contributed by atoms with van der Waals surface area (Å²) in [6.07, 6.45) is 0.459. The van der Waals surface area contributed by atoms with Crippen molar-refractivity contribution in [2.24, 2.45) is 0 Å². The zero-order chi connectivity index (χ0) is 14.3. The Hall–Kier alpha value is -1.51. The molecule has 0 radical (unpaired) electrons. The molecule has 0 spiro atoms. The predicted molar refractivity (Wildman–Crippen MR) is 80.2 cm³/mol. The van der Waals surface area contributed by atoms with Gasteiger partial charge in [0, 0.05) is 17.9 Å². The van der Waals surface area contributed by atoms with Crippen LogP contribution in [0, 0.1) is 0 Å². The van der Waals surface area contributed by atoms with E-state index in [1.54, 1.807) is 13.2 Å². The lowest BCUT2D eigenvalue weighted by Crippen LogP contribution is -1.97. The van der Waals surface area contributed by atoms with Gasteiger partial charge in [0.1, 0.15) is 5.75 Å². The number of benzene rings is 2. The Balaban J connectivity index is 2.09. The second-order valence-electron chi connectivity index (χ2n) is 4.81. The standard InChI is InChI=1S/C16H12Cl2O2/c1-20-10-3-4-11-13(7-10)12(8-16(11)19)9-2-5-14(17)15(18)6-9/h2-7,12H,8H2,1H3. The van der Waals surface area contributed by atoms with E-state index in [2.05, 4.69) is 0 Å². The number of methoxy groups -OCH3 is 1. The summed E-state index contributed by atoms with van der Waals surface area (Å²) in [5.74, 6) is 0.921. The summed E-state index contributed by atoms with van der Waals surface area (Å²) in [6, 6.07) is 11.1. The van der Waals surface area contributed by atoms with Crippen molar-refractivity contribution < 1.29 is 9.53 Å². The number of halogens is 2. The molecule has 1 aliphatic carbocycles. The summed E-state index contributed by atoms with van der Waals surface area (Å²) < 4.78 is 5.24. The summed E-state index contributed by atoms with van der Waals surface area (Å²) in [6.45, 7) is 0. The molecule has 2 aromatic rings. The molecule has 0 fully saturated rings. The van der Waals surface area contributed by atoms with Crippen molar-refractivity contribution >= 4 is 29.0 Å². The van der Waals surface area contributed by atoms with Gasteiger partial charge in [-0.3, -0.25) is 4.79 Å². The van der Waals surface area contributed by atoms with E-state index in [4.69, 9.17) is 27.9 Å². The van der Waals surface area contributed by atoms with Crippen molar-refractivity contribution in [2.45, 2.75) is 12.3 Å². The van der Waals surface area contributed by atoms with Crippen molar-refractivity contribution in [2.75, 3.05) is 7.11 Å². The molecule has 102 valence electrons. The Bertz CT molecular complexity index is 695. The average molecular weight is 307 g/mol. The SMILES string of the molecule is COc1ccc2c(c1)C(c1ccc(Cl)c(Cl)c1)CC2=O. The first kappa shape index (κ1) is 13.5. The number of hydrogen-bond donors (Lipinski definition) is 0. The third-order valence-electron chi connectivity index (χ3n) is 3.67. The first-order valence-electron chi connectivity index (χ1n) is 6.26. The molecule has 0 N–H and O–H groups in total. The van der Waals surface area contributed by atoms with Gasteiger partial charge in [-0.15, -0.1) is 0 Å². The fourth-order valence-electron chi connectivity index (χ4n) is 2.64. The smallest absolute Gasteiger partial charge is 0.164 e. The lowest BCUT2D eigenvalue weighted by Gasteiger charge is -2.13. The maximum Gasteiger partial charge on any atom is 0.164 e. The highest BCUT2D eigenvalue weighted by molar-refractivity contribution is 6.42. The van der Waals surface area contributed by atoms with Gasteiger partial charge < -0.3 is 4.74 Å². The molecule has 0 aliphatic heterocycles. The highest BCUT2D eigenvalue weighted by atomic mass is 35.5. The molecular formula is C16H12Cl2O2. The number of carbonyl (C=O) groups excluding carboxylic acids is 1. The molecular weight excluding hydrogens is 295 g/mol. The second kappa shape index (κ2) is 5.12. The molecule has 2 nitrogen and oxygen atoms in total. The van der Waals surface area contributed by atoms with E-state index in [1.165, 1.54) is 0 Å². The van der Waals surface area contributed by atoms with Crippen LogP contribution in [0.25, 0.3) is 0 Å². The zero-order valence-corrected chi connectivity index (χ0v) is 12.3. The van der Waals surface area contributed by atoms with E-state index in [0.717, 1.165) is 22.4 Å². The third kappa shape index (κ3) is 2.19. The van der Waals surface area contributed by atoms with Gasteiger partial charge >= 0.3 is 0 Å². The molecule has 1 unspecified atom stereocenters. The fraction of sp³-hybridized carbons (Fsp3) is 0.188. The Morgan fingerprint density at radius 1 is 1.10 bits per heavy atom. The van der Waals surface area contributed by atoms with Crippen LogP contribution in [-0.4, -0.2) is 12.9 Å². The second-order valence-corrected chi connectivity index (χ2v) is 5.62. The molecule has 0 bridgehead atoms. The van der Waals surface area contributed by atoms with Crippen LogP contribution >= 0.6 is 23.2 Å². The van der Waals surface area contributed by atoms with Gasteiger partial charge in [0.2, 0.25) is 0 Å². The summed E-state index contributed by atoms with van der Waals surface area (Å²) in [4.78, 5) is 12.1. The molecule has 4 heteroatoms. The van der Waals surface area contributed by atoms with Crippen LogP contribution in [0.1, 0.15) is 33.8 Å². The molecule has 20 heavy (non-hydrogen) atoms. The Labute approximate surface area is 127 Å². The summed E-state index contributed by atoms with van der Waals surface area (Å²) in [5.41, 5.74) is 2.76. The lowest BCUT2D eigenvalue weighted by atomic mass is 9.93. The van der Waals surface area contributed by atoms with Crippen LogP contribution in [0.2, 0.25) is 10.0 Å². The van der Waals surface area contributed by atoms with Crippen LogP contribution in [0.5, 0.6) is 5.75 Å². The topological polar surface area (TPSA) is 26.3 Å². The minimum atomic E-state index is 0.0161. The van der Waals surface area contributed by atoms with Gasteiger partial charge in [0.25, 0.3) is 0 Å². The predicted octanol–water partition coefficient (Wildman–Crippen LogP) is 4.72. The molecule has 0 saturated carbocycles. The highest BCUT2D eigenvalue weighted by Crippen LogP contribution is 2.41. The van der Waals surface area contributed by atoms with E-state index in [9.17, 15) is 4.79 Å². The zero-order valence-electron chi connectivity index (χ0n) is 10.8. The van der Waals surface area contributed by atoms with Crippen molar-refractivity contribution in [3.05, 3.63) is 63.1 Å². The Kier molecular flexibility index (Phi) is 3.45. The van der Waals surface area contributed by atoms with Crippen molar-refractivity contribution in [3.63, 3.8) is 0 Å². The minimum Gasteiger partial charge on any atom is -0.497 e. The quantitative estimate of drug-likeness (QED) is 0.802. The van der Waals surface area contributed by atoms with Gasteiger partial charge in [-0.2, -0.15) is 0 Å². The molecule has 0 amide bonds. The number of carbonyl (C=O) groups is 1. The number of fused-ring (bicyclic) bond motifs is 1. The van der Waals surface area contributed by atoms with Gasteiger partial charge in [0.15, 0.2) is 5.78 Å². The Morgan fingerprint density at radius 3 is 2.60 bits per heavy atom. The van der Waals surface area contributed by atoms with Crippen LogP contribution in [0.3, 0.4) is 0 Å². The molecule has 1 aliphatic rings. The van der Waals surface area contributed by atoms with E-state index in [1.807, 2.05) is 30.3 Å². The number of ether oxygens (including phenoxy) is 1. The van der Waals surface area contributed by atoms with Crippen LogP contribution in [0.4, 0.5) is 0 Å². The normalized spacial score (nSPS) is 17.1. The van der Waals surface area contributed by atoms with E-state index >= 15 is 0 Å². The van der Waals surface area contributed by atoms with Gasteiger partial charge in [-0.05, 0) is 41.5 Å². The number of Topliss-reactive ketones (excluding diaryl/α,β-unsaturated/α-hetero) is 1. The monoisotopic (exact) mass is 306 g/mol. The van der Waals surface area contributed by atoms with Crippen molar-refractivity contribution in [1.29, 1.82) is 0 Å². The molecule has 0 heterocycles.